The van der Waals surface area contributed by atoms with Gasteiger partial charge in [0.2, 0.25) is 11.8 Å². The molecule has 0 aromatic rings. The molecule has 2 aliphatic heterocycles. The van der Waals surface area contributed by atoms with E-state index >= 15 is 0 Å². The molecule has 1 N–H and O–H groups in total. The Morgan fingerprint density at radius 1 is 1.45 bits per heavy atom. The maximum Gasteiger partial charge on any atom is 0.313 e. The molecule has 0 aromatic heterocycles. The summed E-state index contributed by atoms with van der Waals surface area (Å²) in [5.74, 6) is -1.38. The molecule has 2 rings (SSSR count). The zero-order valence-electron chi connectivity index (χ0n) is 13.2. The molecule has 124 valence electrons. The number of rotatable bonds is 5. The van der Waals surface area contributed by atoms with Gasteiger partial charge < -0.3 is 19.6 Å². The van der Waals surface area contributed by atoms with Gasteiger partial charge in [0.15, 0.2) is 0 Å². The molecule has 0 bridgehead atoms. The summed E-state index contributed by atoms with van der Waals surface area (Å²) in [5, 5.41) is 9.53. The van der Waals surface area contributed by atoms with Crippen LogP contribution >= 0.6 is 0 Å². The van der Waals surface area contributed by atoms with Crippen LogP contribution in [0.5, 0.6) is 0 Å². The molecule has 2 heterocycles. The molecule has 7 nitrogen and oxygen atoms in total. The Morgan fingerprint density at radius 3 is 2.73 bits per heavy atom. The standard InChI is InChI=1S/C15H24N2O5/c1-3-16-8-11(7-12(16)18)13(19)17-6-4-5-15(9-17,10-22-2)14(20)21/h11H,3-10H2,1-2H3,(H,20,21). The van der Waals surface area contributed by atoms with E-state index in [-0.39, 0.29) is 37.3 Å². The van der Waals surface area contributed by atoms with Crippen LogP contribution in [0.25, 0.3) is 0 Å². The molecule has 2 aliphatic rings. The van der Waals surface area contributed by atoms with Crippen molar-refractivity contribution in [3.05, 3.63) is 0 Å². The Hall–Kier alpha value is -1.63. The van der Waals surface area contributed by atoms with Crippen molar-refractivity contribution >= 4 is 17.8 Å². The van der Waals surface area contributed by atoms with Crippen molar-refractivity contribution in [1.29, 1.82) is 0 Å². The van der Waals surface area contributed by atoms with Gasteiger partial charge in [0.25, 0.3) is 0 Å². The number of amides is 2. The van der Waals surface area contributed by atoms with Crippen LogP contribution in [0.4, 0.5) is 0 Å². The molecule has 2 amide bonds. The Balaban J connectivity index is 2.07. The van der Waals surface area contributed by atoms with E-state index in [4.69, 9.17) is 4.74 Å². The molecular weight excluding hydrogens is 288 g/mol. The third kappa shape index (κ3) is 3.09. The first-order valence-corrected chi connectivity index (χ1v) is 7.72. The number of piperidine rings is 1. The van der Waals surface area contributed by atoms with Crippen LogP contribution in [0.2, 0.25) is 0 Å². The summed E-state index contributed by atoms with van der Waals surface area (Å²) in [4.78, 5) is 39.3. The smallest absolute Gasteiger partial charge is 0.313 e. The maximum absolute atomic E-state index is 12.6. The van der Waals surface area contributed by atoms with Crippen molar-refractivity contribution in [2.75, 3.05) is 39.9 Å². The number of carboxylic acid groups (broad SMARTS) is 1. The van der Waals surface area contributed by atoms with E-state index in [0.29, 0.717) is 32.5 Å². The number of hydrogen-bond donors (Lipinski definition) is 1. The highest BCUT2D eigenvalue weighted by molar-refractivity contribution is 5.89. The molecule has 0 aromatic carbocycles. The number of nitrogens with zero attached hydrogens (tertiary/aromatic N) is 2. The summed E-state index contributed by atoms with van der Waals surface area (Å²) in [7, 11) is 1.47. The van der Waals surface area contributed by atoms with Crippen LogP contribution in [-0.2, 0) is 19.1 Å². The molecule has 0 spiro atoms. The molecule has 0 aliphatic carbocycles. The van der Waals surface area contributed by atoms with Crippen LogP contribution in [0.1, 0.15) is 26.2 Å². The topological polar surface area (TPSA) is 87.2 Å². The third-order valence-corrected chi connectivity index (χ3v) is 4.71. The van der Waals surface area contributed by atoms with E-state index in [0.717, 1.165) is 0 Å². The Kier molecular flexibility index (Phi) is 5.05. The predicted molar refractivity (Wildman–Crippen MR) is 78.1 cm³/mol. The van der Waals surface area contributed by atoms with Crippen LogP contribution < -0.4 is 0 Å². The van der Waals surface area contributed by atoms with Gasteiger partial charge in [0, 0.05) is 39.7 Å². The largest absolute Gasteiger partial charge is 0.481 e. The van der Waals surface area contributed by atoms with Gasteiger partial charge >= 0.3 is 5.97 Å². The second-order valence-electron chi connectivity index (χ2n) is 6.22. The van der Waals surface area contributed by atoms with Crippen LogP contribution in [0, 0.1) is 11.3 Å². The molecular formula is C15H24N2O5. The Bertz CT molecular complexity index is 463. The Morgan fingerprint density at radius 2 is 2.18 bits per heavy atom. The number of carbonyl (C=O) groups excluding carboxylic acids is 2. The summed E-state index contributed by atoms with van der Waals surface area (Å²) >= 11 is 0. The van der Waals surface area contributed by atoms with Gasteiger partial charge in [-0.05, 0) is 19.8 Å². The van der Waals surface area contributed by atoms with Gasteiger partial charge in [-0.15, -0.1) is 0 Å². The van der Waals surface area contributed by atoms with Crippen molar-refractivity contribution in [2.24, 2.45) is 11.3 Å². The number of likely N-dealkylation sites (tertiary alicyclic amines) is 2. The second-order valence-corrected chi connectivity index (χ2v) is 6.22. The van der Waals surface area contributed by atoms with Crippen molar-refractivity contribution in [1.82, 2.24) is 9.80 Å². The SMILES string of the molecule is CCN1CC(C(=O)N2CCCC(COC)(C(=O)O)C2)CC1=O. The summed E-state index contributed by atoms with van der Waals surface area (Å²) in [6.07, 6.45) is 1.37. The lowest BCUT2D eigenvalue weighted by Gasteiger charge is -2.40. The second kappa shape index (κ2) is 6.64. The number of ether oxygens (including phenoxy) is 1. The molecule has 0 radical (unpaired) electrons. The maximum atomic E-state index is 12.6. The van der Waals surface area contributed by atoms with Crippen molar-refractivity contribution in [2.45, 2.75) is 26.2 Å². The lowest BCUT2D eigenvalue weighted by Crippen LogP contribution is -2.53. The van der Waals surface area contributed by atoms with Crippen molar-refractivity contribution in [3.8, 4) is 0 Å². The zero-order chi connectivity index (χ0) is 16.3. The van der Waals surface area contributed by atoms with E-state index in [1.165, 1.54) is 7.11 Å². The highest BCUT2D eigenvalue weighted by Crippen LogP contribution is 2.32. The van der Waals surface area contributed by atoms with Gasteiger partial charge in [-0.2, -0.15) is 0 Å². The monoisotopic (exact) mass is 312 g/mol. The fraction of sp³-hybridized carbons (Fsp3) is 0.800. The molecule has 2 fully saturated rings. The average molecular weight is 312 g/mol. The number of aliphatic carboxylic acids is 1. The number of carboxylic acids is 1. The highest BCUT2D eigenvalue weighted by atomic mass is 16.5. The molecule has 2 unspecified atom stereocenters. The van der Waals surface area contributed by atoms with Gasteiger partial charge in [-0.3, -0.25) is 14.4 Å². The lowest BCUT2D eigenvalue weighted by molar-refractivity contribution is -0.160. The fourth-order valence-corrected chi connectivity index (χ4v) is 3.45. The van der Waals surface area contributed by atoms with Crippen LogP contribution in [0.15, 0.2) is 0 Å². The normalized spacial score (nSPS) is 29.0. The van der Waals surface area contributed by atoms with E-state index in [1.54, 1.807) is 9.80 Å². The van der Waals surface area contributed by atoms with E-state index in [1.807, 2.05) is 6.92 Å². The average Bonchev–Trinajstić information content (AvgIpc) is 2.88. The minimum Gasteiger partial charge on any atom is -0.481 e. The number of methoxy groups -OCH3 is 1. The molecule has 22 heavy (non-hydrogen) atoms. The number of carbonyl (C=O) groups is 3. The zero-order valence-corrected chi connectivity index (χ0v) is 13.2. The highest BCUT2D eigenvalue weighted by Gasteiger charge is 2.45. The van der Waals surface area contributed by atoms with Gasteiger partial charge in [-0.25, -0.2) is 0 Å². The molecule has 2 saturated heterocycles. The molecule has 0 saturated carbocycles. The quantitative estimate of drug-likeness (QED) is 0.783. The Labute approximate surface area is 130 Å². The number of hydrogen-bond acceptors (Lipinski definition) is 4. The van der Waals surface area contributed by atoms with Gasteiger partial charge in [0.05, 0.1) is 12.5 Å². The van der Waals surface area contributed by atoms with Crippen molar-refractivity contribution in [3.63, 3.8) is 0 Å². The minimum atomic E-state index is -1.03. The lowest BCUT2D eigenvalue weighted by atomic mass is 9.80. The first-order valence-electron chi connectivity index (χ1n) is 7.72. The summed E-state index contributed by atoms with van der Waals surface area (Å²) in [6.45, 7) is 3.73. The van der Waals surface area contributed by atoms with Crippen molar-refractivity contribution < 1.29 is 24.2 Å². The molecule has 2 atom stereocenters. The fourth-order valence-electron chi connectivity index (χ4n) is 3.45. The van der Waals surface area contributed by atoms with Crippen LogP contribution in [-0.4, -0.2) is 72.6 Å². The molecule has 7 heteroatoms. The summed E-state index contributed by atoms with van der Waals surface area (Å²) in [6, 6.07) is 0. The van der Waals surface area contributed by atoms with Crippen LogP contribution in [0.3, 0.4) is 0 Å². The van der Waals surface area contributed by atoms with E-state index in [9.17, 15) is 19.5 Å². The van der Waals surface area contributed by atoms with E-state index < -0.39 is 11.4 Å². The first-order chi connectivity index (χ1) is 10.4. The third-order valence-electron chi connectivity index (χ3n) is 4.71. The summed E-state index contributed by atoms with van der Waals surface area (Å²) in [5.41, 5.74) is -1.03. The predicted octanol–water partition coefficient (Wildman–Crippen LogP) is 0.195. The van der Waals surface area contributed by atoms with Gasteiger partial charge in [-0.1, -0.05) is 0 Å². The summed E-state index contributed by atoms with van der Waals surface area (Å²) < 4.78 is 5.07. The first kappa shape index (κ1) is 16.7. The minimum absolute atomic E-state index is 0.000696. The van der Waals surface area contributed by atoms with E-state index in [2.05, 4.69) is 0 Å². The van der Waals surface area contributed by atoms with Gasteiger partial charge in [0.1, 0.15) is 5.41 Å².